The first-order valence-electron chi connectivity index (χ1n) is 6.81. The Kier molecular flexibility index (Phi) is 4.25. The molecular formula is C13H24N2O3. The molecule has 0 bridgehead atoms. The molecule has 0 radical (unpaired) electrons. The van der Waals surface area contributed by atoms with Crippen LogP contribution in [0.25, 0.3) is 0 Å². The van der Waals surface area contributed by atoms with Crippen LogP contribution in [0.4, 0.5) is 0 Å². The van der Waals surface area contributed by atoms with Gasteiger partial charge in [-0.15, -0.1) is 0 Å². The Hall–Kier alpha value is -0.650. The minimum atomic E-state index is -1.07. The summed E-state index contributed by atoms with van der Waals surface area (Å²) < 4.78 is 5.45. The Morgan fingerprint density at radius 3 is 2.72 bits per heavy atom. The molecule has 0 aromatic heterocycles. The number of nitrogens with two attached hydrogens (primary N) is 1. The van der Waals surface area contributed by atoms with Gasteiger partial charge in [-0.2, -0.15) is 0 Å². The second-order valence-corrected chi connectivity index (χ2v) is 5.90. The molecular weight excluding hydrogens is 232 g/mol. The van der Waals surface area contributed by atoms with Crippen molar-refractivity contribution >= 4 is 5.97 Å². The first-order valence-corrected chi connectivity index (χ1v) is 6.81. The third kappa shape index (κ3) is 3.22. The van der Waals surface area contributed by atoms with Crippen LogP contribution in [0, 0.1) is 11.8 Å². The molecule has 2 fully saturated rings. The molecule has 5 nitrogen and oxygen atoms in total. The average molecular weight is 256 g/mol. The van der Waals surface area contributed by atoms with Gasteiger partial charge in [0.15, 0.2) is 0 Å². The van der Waals surface area contributed by atoms with Gasteiger partial charge in [0.2, 0.25) is 0 Å². The summed E-state index contributed by atoms with van der Waals surface area (Å²) in [6, 6.07) is 0. The Morgan fingerprint density at radius 2 is 2.22 bits per heavy atom. The predicted octanol–water partition coefficient (Wildman–Crippen LogP) is 0.537. The number of carboxylic acids is 1. The van der Waals surface area contributed by atoms with E-state index in [1.54, 1.807) is 0 Å². The number of nitrogens with zero attached hydrogens (tertiary/aromatic N) is 1. The number of hydrogen-bond acceptors (Lipinski definition) is 4. The van der Waals surface area contributed by atoms with Crippen molar-refractivity contribution in [1.82, 2.24) is 4.90 Å². The van der Waals surface area contributed by atoms with Crippen LogP contribution in [-0.4, -0.2) is 54.9 Å². The minimum Gasteiger partial charge on any atom is -0.480 e. The third-order valence-electron chi connectivity index (χ3n) is 4.06. The van der Waals surface area contributed by atoms with Crippen LogP contribution in [0.5, 0.6) is 0 Å². The summed E-state index contributed by atoms with van der Waals surface area (Å²) in [6.45, 7) is 2.96. The van der Waals surface area contributed by atoms with E-state index in [9.17, 15) is 9.90 Å². The van der Waals surface area contributed by atoms with E-state index < -0.39 is 11.5 Å². The number of carboxylic acid groups (broad SMARTS) is 1. The van der Waals surface area contributed by atoms with Gasteiger partial charge in [-0.1, -0.05) is 0 Å². The fraction of sp³-hybridized carbons (Fsp3) is 0.923. The number of ether oxygens (including phenoxy) is 1. The molecule has 1 saturated carbocycles. The molecule has 3 N–H and O–H groups in total. The third-order valence-corrected chi connectivity index (χ3v) is 4.06. The molecule has 2 rings (SSSR count). The zero-order valence-corrected chi connectivity index (χ0v) is 11.1. The topological polar surface area (TPSA) is 75.8 Å². The van der Waals surface area contributed by atoms with Crippen LogP contribution in [0.2, 0.25) is 0 Å². The van der Waals surface area contributed by atoms with Gasteiger partial charge in [0.1, 0.15) is 5.54 Å². The lowest BCUT2D eigenvalue weighted by atomic mass is 9.93. The highest BCUT2D eigenvalue weighted by Gasteiger charge is 2.48. The van der Waals surface area contributed by atoms with E-state index in [0.29, 0.717) is 12.5 Å². The number of carbonyl (C=O) groups is 1. The highest BCUT2D eigenvalue weighted by Crippen LogP contribution is 2.39. The van der Waals surface area contributed by atoms with Gasteiger partial charge >= 0.3 is 5.97 Å². The number of hydrogen-bond donors (Lipinski definition) is 2. The van der Waals surface area contributed by atoms with Crippen molar-refractivity contribution in [1.29, 1.82) is 0 Å². The maximum Gasteiger partial charge on any atom is 0.325 e. The van der Waals surface area contributed by atoms with E-state index in [2.05, 4.69) is 4.90 Å². The monoisotopic (exact) mass is 256 g/mol. The van der Waals surface area contributed by atoms with Crippen molar-refractivity contribution in [3.8, 4) is 0 Å². The van der Waals surface area contributed by atoms with Crippen LogP contribution in [-0.2, 0) is 9.53 Å². The van der Waals surface area contributed by atoms with Crippen molar-refractivity contribution in [2.24, 2.45) is 17.6 Å². The van der Waals surface area contributed by atoms with Crippen LogP contribution >= 0.6 is 0 Å². The Bertz CT molecular complexity index is 301. The molecule has 1 heterocycles. The number of rotatable bonds is 6. The van der Waals surface area contributed by atoms with Crippen molar-refractivity contribution in [3.05, 3.63) is 0 Å². The molecule has 0 aromatic carbocycles. The van der Waals surface area contributed by atoms with E-state index >= 15 is 0 Å². The fourth-order valence-corrected chi connectivity index (χ4v) is 2.87. The molecule has 0 aromatic rings. The smallest absolute Gasteiger partial charge is 0.325 e. The quantitative estimate of drug-likeness (QED) is 0.725. The lowest BCUT2D eigenvalue weighted by Gasteiger charge is -2.33. The SMILES string of the molecule is CN(CC1CCCOC1)CC(N)(C(=O)O)C1CC1. The van der Waals surface area contributed by atoms with Crippen molar-refractivity contribution < 1.29 is 14.6 Å². The van der Waals surface area contributed by atoms with Gasteiger partial charge in [-0.05, 0) is 44.6 Å². The summed E-state index contributed by atoms with van der Waals surface area (Å²) in [5.41, 5.74) is 5.01. The largest absolute Gasteiger partial charge is 0.480 e. The Morgan fingerprint density at radius 1 is 1.50 bits per heavy atom. The first-order chi connectivity index (χ1) is 8.52. The molecule has 5 heteroatoms. The zero-order chi connectivity index (χ0) is 13.2. The molecule has 2 aliphatic rings. The van der Waals surface area contributed by atoms with Gasteiger partial charge in [-0.25, -0.2) is 0 Å². The Labute approximate surface area is 108 Å². The molecule has 18 heavy (non-hydrogen) atoms. The second-order valence-electron chi connectivity index (χ2n) is 5.90. The summed E-state index contributed by atoms with van der Waals surface area (Å²) >= 11 is 0. The predicted molar refractivity (Wildman–Crippen MR) is 68.3 cm³/mol. The van der Waals surface area contributed by atoms with Crippen molar-refractivity contribution in [2.75, 3.05) is 33.4 Å². The van der Waals surface area contributed by atoms with Gasteiger partial charge in [0.25, 0.3) is 0 Å². The van der Waals surface area contributed by atoms with Crippen LogP contribution in [0.3, 0.4) is 0 Å². The van der Waals surface area contributed by atoms with Crippen molar-refractivity contribution in [3.63, 3.8) is 0 Å². The van der Waals surface area contributed by atoms with Gasteiger partial charge < -0.3 is 20.5 Å². The summed E-state index contributed by atoms with van der Waals surface area (Å²) in [5.74, 6) is -0.196. The van der Waals surface area contributed by atoms with E-state index in [-0.39, 0.29) is 5.92 Å². The van der Waals surface area contributed by atoms with Gasteiger partial charge in [0.05, 0.1) is 6.61 Å². The highest BCUT2D eigenvalue weighted by molar-refractivity contribution is 5.79. The first kappa shape index (κ1) is 13.8. The summed E-state index contributed by atoms with van der Waals surface area (Å²) in [4.78, 5) is 13.4. The van der Waals surface area contributed by atoms with E-state index in [4.69, 9.17) is 10.5 Å². The summed E-state index contributed by atoms with van der Waals surface area (Å²) in [7, 11) is 1.96. The average Bonchev–Trinajstić information content (AvgIpc) is 3.13. The molecule has 2 unspecified atom stereocenters. The number of aliphatic carboxylic acids is 1. The molecule has 2 atom stereocenters. The Balaban J connectivity index is 1.84. The van der Waals surface area contributed by atoms with E-state index in [1.807, 2.05) is 7.05 Å². The molecule has 1 aliphatic carbocycles. The lowest BCUT2D eigenvalue weighted by Crippen LogP contribution is -2.57. The van der Waals surface area contributed by atoms with Gasteiger partial charge in [0, 0.05) is 19.7 Å². The molecule has 104 valence electrons. The number of likely N-dealkylation sites (N-methyl/N-ethyl adjacent to an activating group) is 1. The standard InChI is InChI=1S/C13H24N2O3/c1-15(7-10-3-2-6-18-8-10)9-13(14,12(16)17)11-4-5-11/h10-11H,2-9,14H2,1H3,(H,16,17). The van der Waals surface area contributed by atoms with Crippen molar-refractivity contribution in [2.45, 2.75) is 31.2 Å². The van der Waals surface area contributed by atoms with E-state index in [0.717, 1.165) is 39.0 Å². The second kappa shape index (κ2) is 5.55. The molecule has 1 aliphatic heterocycles. The van der Waals surface area contributed by atoms with E-state index in [1.165, 1.54) is 6.42 Å². The fourth-order valence-electron chi connectivity index (χ4n) is 2.87. The molecule has 0 spiro atoms. The molecule has 1 saturated heterocycles. The van der Waals surface area contributed by atoms with Crippen LogP contribution < -0.4 is 5.73 Å². The molecule has 0 amide bonds. The lowest BCUT2D eigenvalue weighted by molar-refractivity contribution is -0.145. The van der Waals surface area contributed by atoms with Crippen LogP contribution in [0.1, 0.15) is 25.7 Å². The minimum absolute atomic E-state index is 0.153. The zero-order valence-electron chi connectivity index (χ0n) is 11.1. The van der Waals surface area contributed by atoms with Crippen LogP contribution in [0.15, 0.2) is 0 Å². The summed E-state index contributed by atoms with van der Waals surface area (Å²) in [5, 5.41) is 9.32. The highest BCUT2D eigenvalue weighted by atomic mass is 16.5. The summed E-state index contributed by atoms with van der Waals surface area (Å²) in [6.07, 6.45) is 4.17. The maximum absolute atomic E-state index is 11.4. The van der Waals surface area contributed by atoms with Gasteiger partial charge in [-0.3, -0.25) is 4.79 Å². The maximum atomic E-state index is 11.4. The normalized spacial score (nSPS) is 28.1.